The van der Waals surface area contributed by atoms with E-state index in [0.717, 1.165) is 11.3 Å². The second-order valence-electron chi connectivity index (χ2n) is 6.68. The smallest absolute Gasteiger partial charge is 0.414 e. The normalized spacial score (nSPS) is 18.8. The van der Waals surface area contributed by atoms with Crippen molar-refractivity contribution >= 4 is 64.0 Å². The van der Waals surface area contributed by atoms with Crippen LogP contribution in [0.5, 0.6) is 5.06 Å². The lowest BCUT2D eigenvalue weighted by atomic mass is 10.2. The largest absolute Gasteiger partial charge is 0.442 e. The van der Waals surface area contributed by atoms with Gasteiger partial charge in [0.1, 0.15) is 12.7 Å². The van der Waals surface area contributed by atoms with Crippen LogP contribution in [0, 0.1) is 0 Å². The number of rotatable bonds is 5. The van der Waals surface area contributed by atoms with Crippen LogP contribution < -0.4 is 19.9 Å². The van der Waals surface area contributed by atoms with Crippen molar-refractivity contribution < 1.29 is 28.6 Å². The molecule has 9 nitrogen and oxygen atoms in total. The van der Waals surface area contributed by atoms with Crippen molar-refractivity contribution in [1.29, 1.82) is 0 Å². The van der Waals surface area contributed by atoms with E-state index in [1.54, 1.807) is 35.2 Å². The van der Waals surface area contributed by atoms with Gasteiger partial charge < -0.3 is 24.4 Å². The lowest BCUT2D eigenvalue weighted by molar-refractivity contribution is -0.125. The Hall–Kier alpha value is -2.53. The van der Waals surface area contributed by atoms with Gasteiger partial charge in [-0.1, -0.05) is 34.5 Å². The van der Waals surface area contributed by atoms with Crippen LogP contribution in [0.25, 0.3) is 0 Å². The molecule has 3 amide bonds. The highest BCUT2D eigenvalue weighted by Gasteiger charge is 2.34. The van der Waals surface area contributed by atoms with Gasteiger partial charge in [0.05, 0.1) is 34.7 Å². The molecule has 1 aromatic carbocycles. The van der Waals surface area contributed by atoms with Crippen molar-refractivity contribution in [2.75, 3.05) is 42.6 Å². The monoisotopic (exact) mass is 485 g/mol. The number of cyclic esters (lactones) is 1. The fraction of sp³-hybridized carbons (Fsp3) is 0.316. The molecule has 0 unspecified atom stereocenters. The third-order valence-corrected chi connectivity index (χ3v) is 6.02. The number of thiophene rings is 1. The molecular weight excluding hydrogens is 469 g/mol. The fourth-order valence-electron chi connectivity index (χ4n) is 3.18. The Bertz CT molecular complexity index is 1020. The SMILES string of the molecule is O=C(NC[C@H]1CN(c2ccc(N3CCOCC3=O)cc2Cl)C(=O)O1)Oc1ccc(Cl)s1. The van der Waals surface area contributed by atoms with E-state index in [1.807, 2.05) is 0 Å². The van der Waals surface area contributed by atoms with Gasteiger partial charge in [-0.3, -0.25) is 9.69 Å². The van der Waals surface area contributed by atoms with Crippen LogP contribution in [0.2, 0.25) is 9.36 Å². The minimum absolute atomic E-state index is 0.0223. The average Bonchev–Trinajstić information content (AvgIpc) is 3.31. The second-order valence-corrected chi connectivity index (χ2v) is 8.76. The molecule has 2 aromatic rings. The molecule has 2 saturated heterocycles. The summed E-state index contributed by atoms with van der Waals surface area (Å²) < 4.78 is 16.0. The van der Waals surface area contributed by atoms with E-state index in [0.29, 0.717) is 38.9 Å². The third-order valence-electron chi connectivity index (χ3n) is 4.61. The maximum absolute atomic E-state index is 12.3. The summed E-state index contributed by atoms with van der Waals surface area (Å²) in [7, 11) is 0. The second kappa shape index (κ2) is 9.31. The number of nitrogens with zero attached hydrogens (tertiary/aromatic N) is 2. The summed E-state index contributed by atoms with van der Waals surface area (Å²) in [6.45, 7) is 1.16. The Labute approximate surface area is 191 Å². The van der Waals surface area contributed by atoms with Gasteiger partial charge in [-0.05, 0) is 30.3 Å². The maximum atomic E-state index is 12.3. The summed E-state index contributed by atoms with van der Waals surface area (Å²) in [4.78, 5) is 39.2. The highest BCUT2D eigenvalue weighted by molar-refractivity contribution is 7.17. The van der Waals surface area contributed by atoms with E-state index >= 15 is 0 Å². The number of hydrogen-bond donors (Lipinski definition) is 1. The molecule has 0 saturated carbocycles. The highest BCUT2D eigenvalue weighted by atomic mass is 35.5. The first-order valence-electron chi connectivity index (χ1n) is 9.27. The van der Waals surface area contributed by atoms with Crippen molar-refractivity contribution in [1.82, 2.24) is 5.32 Å². The van der Waals surface area contributed by atoms with Crippen LogP contribution in [-0.2, 0) is 14.3 Å². The number of nitrogens with one attached hydrogen (secondary N) is 1. The van der Waals surface area contributed by atoms with Crippen LogP contribution in [0.15, 0.2) is 30.3 Å². The molecule has 0 spiro atoms. The average molecular weight is 486 g/mol. The summed E-state index contributed by atoms with van der Waals surface area (Å²) in [6, 6.07) is 8.21. The first-order valence-corrected chi connectivity index (χ1v) is 10.8. The molecule has 2 fully saturated rings. The number of carbonyl (C=O) groups excluding carboxylic acids is 3. The number of morpholine rings is 1. The summed E-state index contributed by atoms with van der Waals surface area (Å²) in [6.07, 6.45) is -1.84. The van der Waals surface area contributed by atoms with Crippen LogP contribution >= 0.6 is 34.5 Å². The minimum atomic E-state index is -0.675. The van der Waals surface area contributed by atoms with Crippen molar-refractivity contribution in [3.63, 3.8) is 0 Å². The molecular formula is C19H17Cl2N3O6S. The molecule has 2 aliphatic heterocycles. The van der Waals surface area contributed by atoms with Gasteiger partial charge in [0.2, 0.25) is 0 Å². The topological polar surface area (TPSA) is 97.4 Å². The van der Waals surface area contributed by atoms with E-state index < -0.39 is 18.3 Å². The van der Waals surface area contributed by atoms with Gasteiger partial charge in [0, 0.05) is 12.2 Å². The molecule has 164 valence electrons. The molecule has 12 heteroatoms. The quantitative estimate of drug-likeness (QED) is 0.695. The predicted octanol–water partition coefficient (Wildman–Crippen LogP) is 3.53. The fourth-order valence-corrected chi connectivity index (χ4v) is 4.32. The van der Waals surface area contributed by atoms with Gasteiger partial charge in [0.15, 0.2) is 5.06 Å². The van der Waals surface area contributed by atoms with Crippen LogP contribution in [-0.4, -0.2) is 57.0 Å². The van der Waals surface area contributed by atoms with Crippen molar-refractivity contribution in [3.8, 4) is 5.06 Å². The number of anilines is 2. The Balaban J connectivity index is 1.35. The number of halogens is 2. The predicted molar refractivity (Wildman–Crippen MR) is 116 cm³/mol. The Morgan fingerprint density at radius 1 is 1.23 bits per heavy atom. The van der Waals surface area contributed by atoms with E-state index in [-0.39, 0.29) is 25.6 Å². The number of benzene rings is 1. The molecule has 2 aliphatic rings. The van der Waals surface area contributed by atoms with Gasteiger partial charge in [0.25, 0.3) is 5.91 Å². The van der Waals surface area contributed by atoms with Crippen molar-refractivity contribution in [2.24, 2.45) is 0 Å². The first-order chi connectivity index (χ1) is 14.9. The number of hydrogen-bond acceptors (Lipinski definition) is 7. The summed E-state index contributed by atoms with van der Waals surface area (Å²) in [5.74, 6) is -0.154. The van der Waals surface area contributed by atoms with E-state index in [1.165, 1.54) is 4.90 Å². The molecule has 0 radical (unpaired) electrons. The van der Waals surface area contributed by atoms with E-state index in [4.69, 9.17) is 37.4 Å². The van der Waals surface area contributed by atoms with Crippen molar-refractivity contribution in [3.05, 3.63) is 39.7 Å². The highest BCUT2D eigenvalue weighted by Crippen LogP contribution is 2.33. The molecule has 31 heavy (non-hydrogen) atoms. The molecule has 1 N–H and O–H groups in total. The molecule has 4 rings (SSSR count). The zero-order valence-electron chi connectivity index (χ0n) is 16.0. The van der Waals surface area contributed by atoms with Crippen LogP contribution in [0.3, 0.4) is 0 Å². The molecule has 1 atom stereocenters. The van der Waals surface area contributed by atoms with Crippen LogP contribution in [0.1, 0.15) is 0 Å². The standard InChI is InChI=1S/C19H17Cl2N3O6S/c20-13-7-11(23-5-6-28-10-16(23)25)1-2-14(13)24-9-12(29-19(24)27)8-22-18(26)30-17-4-3-15(21)31-17/h1-4,7,12H,5-6,8-10H2,(H,22,26)/t12-/m0/s1. The van der Waals surface area contributed by atoms with Crippen LogP contribution in [0.4, 0.5) is 21.0 Å². The molecule has 0 aliphatic carbocycles. The van der Waals surface area contributed by atoms with Crippen molar-refractivity contribution in [2.45, 2.75) is 6.10 Å². The third kappa shape index (κ3) is 5.04. The lowest BCUT2D eigenvalue weighted by Gasteiger charge is -2.27. The summed E-state index contributed by atoms with van der Waals surface area (Å²) >= 11 is 13.3. The minimum Gasteiger partial charge on any atom is -0.442 e. The molecule has 1 aromatic heterocycles. The Morgan fingerprint density at radius 3 is 2.77 bits per heavy atom. The Kier molecular flexibility index (Phi) is 6.51. The zero-order chi connectivity index (χ0) is 22.0. The number of carbonyl (C=O) groups is 3. The number of amides is 3. The lowest BCUT2D eigenvalue weighted by Crippen LogP contribution is -2.41. The van der Waals surface area contributed by atoms with E-state index in [2.05, 4.69) is 5.32 Å². The zero-order valence-corrected chi connectivity index (χ0v) is 18.3. The summed E-state index contributed by atoms with van der Waals surface area (Å²) in [5.41, 5.74) is 1.08. The first kappa shape index (κ1) is 21.7. The van der Waals surface area contributed by atoms with Gasteiger partial charge >= 0.3 is 12.2 Å². The van der Waals surface area contributed by atoms with E-state index in [9.17, 15) is 14.4 Å². The maximum Gasteiger partial charge on any atom is 0.414 e. The van der Waals surface area contributed by atoms with Gasteiger partial charge in [-0.15, -0.1) is 0 Å². The number of ether oxygens (including phenoxy) is 3. The summed E-state index contributed by atoms with van der Waals surface area (Å²) in [5, 5.41) is 3.22. The Morgan fingerprint density at radius 2 is 2.06 bits per heavy atom. The molecule has 3 heterocycles. The van der Waals surface area contributed by atoms with Gasteiger partial charge in [-0.2, -0.15) is 0 Å². The van der Waals surface area contributed by atoms with Gasteiger partial charge in [-0.25, -0.2) is 9.59 Å². The molecule has 0 bridgehead atoms.